The number of carbonyl (C=O) groups excluding carboxylic acids is 2. The zero-order valence-corrected chi connectivity index (χ0v) is 16.4. The highest BCUT2D eigenvalue weighted by Crippen LogP contribution is 2.23. The van der Waals surface area contributed by atoms with Crippen LogP contribution in [0.25, 0.3) is 5.57 Å². The first-order valence-corrected chi connectivity index (χ1v) is 9.70. The zero-order chi connectivity index (χ0) is 21.3. The lowest BCUT2D eigenvalue weighted by Gasteiger charge is -2.15. The van der Waals surface area contributed by atoms with Crippen molar-refractivity contribution in [1.29, 1.82) is 0 Å². The van der Waals surface area contributed by atoms with Gasteiger partial charge in [0, 0.05) is 0 Å². The maximum atomic E-state index is 12.6. The molecule has 0 aliphatic heterocycles. The number of aliphatic carboxylic acids is 1. The average molecular weight is 413 g/mol. The fourth-order valence-corrected chi connectivity index (χ4v) is 3.06. The van der Waals surface area contributed by atoms with Crippen LogP contribution >= 0.6 is 0 Å². The predicted molar refractivity (Wildman–Crippen MR) is 105 cm³/mol. The van der Waals surface area contributed by atoms with Gasteiger partial charge >= 0.3 is 12.1 Å². The van der Waals surface area contributed by atoms with Crippen molar-refractivity contribution in [3.63, 3.8) is 0 Å². The SMILES string of the molecule is O=C(O)CC(NC(=O)OCc1ccccc1)C(=O)Cn1nnc(C2=CCCCC2)n1. The lowest BCUT2D eigenvalue weighted by atomic mass is 9.99. The predicted octanol–water partition coefficient (Wildman–Crippen LogP) is 1.97. The second kappa shape index (κ2) is 10.3. The van der Waals surface area contributed by atoms with Crippen LogP contribution in [0.3, 0.4) is 0 Å². The molecule has 1 unspecified atom stereocenters. The molecule has 0 fully saturated rings. The van der Waals surface area contributed by atoms with E-state index in [1.807, 2.05) is 6.07 Å². The number of carboxylic acid groups (broad SMARTS) is 1. The number of nitrogens with zero attached hydrogens (tertiary/aromatic N) is 4. The van der Waals surface area contributed by atoms with Gasteiger partial charge in [0.2, 0.25) is 5.82 Å². The van der Waals surface area contributed by atoms with Crippen LogP contribution in [0.1, 0.15) is 43.5 Å². The molecule has 0 radical (unpaired) electrons. The third-order valence-corrected chi connectivity index (χ3v) is 4.60. The largest absolute Gasteiger partial charge is 0.481 e. The van der Waals surface area contributed by atoms with Gasteiger partial charge in [0.1, 0.15) is 19.2 Å². The van der Waals surface area contributed by atoms with Gasteiger partial charge in [0.25, 0.3) is 0 Å². The molecular weight excluding hydrogens is 390 g/mol. The summed E-state index contributed by atoms with van der Waals surface area (Å²) in [7, 11) is 0. The first-order chi connectivity index (χ1) is 14.5. The number of carboxylic acids is 1. The number of alkyl carbamates (subject to hydrolysis) is 1. The van der Waals surface area contributed by atoms with Gasteiger partial charge in [-0.05, 0) is 42.0 Å². The number of amides is 1. The Kier molecular flexibility index (Phi) is 7.25. The number of aromatic nitrogens is 4. The van der Waals surface area contributed by atoms with Crippen LogP contribution in [0.2, 0.25) is 0 Å². The van der Waals surface area contributed by atoms with E-state index in [1.165, 1.54) is 0 Å². The number of tetrazole rings is 1. The van der Waals surface area contributed by atoms with E-state index >= 15 is 0 Å². The summed E-state index contributed by atoms with van der Waals surface area (Å²) in [5, 5.41) is 23.5. The van der Waals surface area contributed by atoms with E-state index in [0.717, 1.165) is 41.6 Å². The van der Waals surface area contributed by atoms with E-state index in [4.69, 9.17) is 9.84 Å². The van der Waals surface area contributed by atoms with Gasteiger partial charge in [-0.3, -0.25) is 9.59 Å². The average Bonchev–Trinajstić information content (AvgIpc) is 3.21. The summed E-state index contributed by atoms with van der Waals surface area (Å²) in [5.41, 5.74) is 1.76. The van der Waals surface area contributed by atoms with E-state index in [2.05, 4.69) is 26.8 Å². The first-order valence-electron chi connectivity index (χ1n) is 9.70. The van der Waals surface area contributed by atoms with Crippen LogP contribution in [-0.4, -0.2) is 49.2 Å². The number of rotatable bonds is 9. The molecule has 30 heavy (non-hydrogen) atoms. The summed E-state index contributed by atoms with van der Waals surface area (Å²) in [6, 6.07) is 7.73. The molecule has 1 aromatic carbocycles. The molecule has 0 saturated carbocycles. The molecule has 3 rings (SSSR count). The molecule has 1 amide bonds. The van der Waals surface area contributed by atoms with Gasteiger partial charge in [0.05, 0.1) is 6.42 Å². The molecule has 10 heteroatoms. The zero-order valence-electron chi connectivity index (χ0n) is 16.4. The number of ketones is 1. The van der Waals surface area contributed by atoms with Crippen molar-refractivity contribution >= 4 is 23.4 Å². The van der Waals surface area contributed by atoms with Gasteiger partial charge in [-0.1, -0.05) is 36.4 Å². The molecule has 1 heterocycles. The lowest BCUT2D eigenvalue weighted by molar-refractivity contribution is -0.139. The van der Waals surface area contributed by atoms with Crippen molar-refractivity contribution in [3.05, 3.63) is 47.8 Å². The molecule has 0 saturated heterocycles. The third kappa shape index (κ3) is 6.23. The van der Waals surface area contributed by atoms with Gasteiger partial charge in [-0.25, -0.2) is 4.79 Å². The third-order valence-electron chi connectivity index (χ3n) is 4.60. The quantitative estimate of drug-likeness (QED) is 0.637. The number of ether oxygens (including phenoxy) is 1. The van der Waals surface area contributed by atoms with E-state index in [0.29, 0.717) is 5.82 Å². The summed E-state index contributed by atoms with van der Waals surface area (Å²) in [5.74, 6) is -1.32. The summed E-state index contributed by atoms with van der Waals surface area (Å²) >= 11 is 0. The Bertz CT molecular complexity index is 925. The highest BCUT2D eigenvalue weighted by molar-refractivity contribution is 5.90. The Balaban J connectivity index is 1.58. The number of nitrogens with one attached hydrogen (secondary N) is 1. The summed E-state index contributed by atoms with van der Waals surface area (Å²) < 4.78 is 5.07. The highest BCUT2D eigenvalue weighted by atomic mass is 16.5. The summed E-state index contributed by atoms with van der Waals surface area (Å²) in [4.78, 5) is 36.9. The van der Waals surface area contributed by atoms with E-state index in [1.54, 1.807) is 24.3 Å². The van der Waals surface area contributed by atoms with Crippen molar-refractivity contribution in [1.82, 2.24) is 25.5 Å². The summed E-state index contributed by atoms with van der Waals surface area (Å²) in [6.07, 6.45) is 4.59. The van der Waals surface area contributed by atoms with Crippen LogP contribution in [0.4, 0.5) is 4.79 Å². The van der Waals surface area contributed by atoms with Gasteiger partial charge in [0.15, 0.2) is 5.78 Å². The molecule has 1 aliphatic carbocycles. The number of Topliss-reactive ketones (excluding diaryl/α,β-unsaturated/α-hetero) is 1. The number of allylic oxidation sites excluding steroid dienone is 2. The number of hydrogen-bond donors (Lipinski definition) is 2. The normalized spacial score (nSPS) is 14.5. The van der Waals surface area contributed by atoms with Crippen LogP contribution in [0.15, 0.2) is 36.4 Å². The van der Waals surface area contributed by atoms with Gasteiger partial charge in [-0.15, -0.1) is 10.2 Å². The molecule has 1 aliphatic rings. The van der Waals surface area contributed by atoms with Crippen molar-refractivity contribution in [3.8, 4) is 0 Å². The first kappa shape index (κ1) is 21.2. The van der Waals surface area contributed by atoms with E-state index < -0.39 is 30.3 Å². The van der Waals surface area contributed by atoms with Crippen LogP contribution in [0.5, 0.6) is 0 Å². The maximum absolute atomic E-state index is 12.6. The number of benzene rings is 1. The van der Waals surface area contributed by atoms with Crippen molar-refractivity contribution < 1.29 is 24.2 Å². The van der Waals surface area contributed by atoms with Crippen molar-refractivity contribution in [2.75, 3.05) is 0 Å². The Hall–Kier alpha value is -3.56. The Morgan fingerprint density at radius 1 is 1.20 bits per heavy atom. The Labute approximate surface area is 172 Å². The Morgan fingerprint density at radius 2 is 2.00 bits per heavy atom. The smallest absolute Gasteiger partial charge is 0.408 e. The minimum atomic E-state index is -1.27. The van der Waals surface area contributed by atoms with E-state index in [-0.39, 0.29) is 13.2 Å². The topological polar surface area (TPSA) is 136 Å². The molecule has 158 valence electrons. The molecule has 1 atom stereocenters. The number of carbonyl (C=O) groups is 3. The monoisotopic (exact) mass is 413 g/mol. The molecule has 1 aromatic heterocycles. The van der Waals surface area contributed by atoms with Gasteiger partial charge in [-0.2, -0.15) is 4.80 Å². The van der Waals surface area contributed by atoms with Crippen LogP contribution < -0.4 is 5.32 Å². The molecule has 0 spiro atoms. The minimum Gasteiger partial charge on any atom is -0.481 e. The molecule has 10 nitrogen and oxygen atoms in total. The molecule has 2 N–H and O–H groups in total. The molecule has 2 aromatic rings. The fraction of sp³-hybridized carbons (Fsp3) is 0.400. The van der Waals surface area contributed by atoms with Crippen LogP contribution in [-0.2, 0) is 27.5 Å². The maximum Gasteiger partial charge on any atom is 0.408 e. The summed E-state index contributed by atoms with van der Waals surface area (Å²) in [6.45, 7) is -0.305. The molecule has 0 bridgehead atoms. The standard InChI is InChI=1S/C20H23N5O5/c26-17(12-25-23-19(22-24-25)15-9-5-2-6-10-15)16(11-18(27)28)21-20(29)30-13-14-7-3-1-4-8-14/h1,3-4,7-9,16H,2,5-6,10-13H2,(H,21,29)(H,27,28). The second-order valence-corrected chi connectivity index (χ2v) is 6.94. The van der Waals surface area contributed by atoms with E-state index in [9.17, 15) is 14.4 Å². The highest BCUT2D eigenvalue weighted by Gasteiger charge is 2.25. The fourth-order valence-electron chi connectivity index (χ4n) is 3.06. The molecular formula is C20H23N5O5. The second-order valence-electron chi connectivity index (χ2n) is 6.94. The Morgan fingerprint density at radius 3 is 2.70 bits per heavy atom. The number of hydrogen-bond acceptors (Lipinski definition) is 7. The van der Waals surface area contributed by atoms with Gasteiger partial charge < -0.3 is 15.2 Å². The lowest BCUT2D eigenvalue weighted by Crippen LogP contribution is -2.44. The van der Waals surface area contributed by atoms with Crippen LogP contribution in [0, 0.1) is 0 Å². The van der Waals surface area contributed by atoms with Crippen molar-refractivity contribution in [2.45, 2.75) is 51.3 Å². The minimum absolute atomic E-state index is 0.00373. The van der Waals surface area contributed by atoms with Crippen molar-refractivity contribution in [2.24, 2.45) is 0 Å².